The van der Waals surface area contributed by atoms with E-state index in [1.165, 1.54) is 26.0 Å². The molecule has 0 aromatic heterocycles. The monoisotopic (exact) mass is 530 g/mol. The van der Waals surface area contributed by atoms with Gasteiger partial charge in [-0.1, -0.05) is 25.1 Å². The van der Waals surface area contributed by atoms with E-state index in [0.29, 0.717) is 5.57 Å². The molecule has 1 aromatic carbocycles. The third-order valence-electron chi connectivity index (χ3n) is 9.50. The lowest BCUT2D eigenvalue weighted by molar-refractivity contribution is -0.342. The molecule has 38 heavy (non-hydrogen) atoms. The third kappa shape index (κ3) is 3.54. The number of hydrogen-bond donors (Lipinski definition) is 4. The zero-order chi connectivity index (χ0) is 27.8. The number of ether oxygens (including phenoxy) is 3. The van der Waals surface area contributed by atoms with Gasteiger partial charge in [0.25, 0.3) is 0 Å². The number of fused-ring (bicyclic) bond motifs is 5. The molecule has 1 heterocycles. The number of Topliss-reactive ketones (excluding diaryl/α,β-unsaturated/α-hetero) is 1. The molecule has 10 heteroatoms. The van der Waals surface area contributed by atoms with Crippen LogP contribution >= 0.6 is 0 Å². The Morgan fingerprint density at radius 2 is 1.79 bits per heavy atom. The smallest absolute Gasteiger partial charge is 0.338 e. The molecular formula is C28H34O10. The molecule has 0 radical (unpaired) electrons. The van der Waals surface area contributed by atoms with Crippen LogP contribution in [0.25, 0.3) is 0 Å². The van der Waals surface area contributed by atoms with Crippen LogP contribution in [0.1, 0.15) is 50.9 Å². The van der Waals surface area contributed by atoms with E-state index in [9.17, 15) is 34.8 Å². The van der Waals surface area contributed by atoms with E-state index >= 15 is 0 Å². The van der Waals surface area contributed by atoms with Crippen molar-refractivity contribution < 1.29 is 49.0 Å². The van der Waals surface area contributed by atoms with Crippen molar-refractivity contribution >= 4 is 17.7 Å². The molecule has 4 N–H and O–H groups in total. The summed E-state index contributed by atoms with van der Waals surface area (Å²) in [4.78, 5) is 40.0. The SMILES string of the molecule is CC(=O)O[C@@]12CO[C@@H]1C[C@H](O)[C@@]1(C)C(=O)[C@H](O)C3=C(C)[C@@H](O)C[C@](O)([C@H]3C)[C@@H](OC(=O)c3ccccc3)[C@H]21. The van der Waals surface area contributed by atoms with Gasteiger partial charge in [0.2, 0.25) is 0 Å². The van der Waals surface area contributed by atoms with Crippen molar-refractivity contribution in [2.24, 2.45) is 17.3 Å². The fourth-order valence-corrected chi connectivity index (χ4v) is 7.31. The Hall–Kier alpha value is -2.63. The molecule has 4 aliphatic rings. The summed E-state index contributed by atoms with van der Waals surface area (Å²) in [6.07, 6.45) is -7.12. The summed E-state index contributed by atoms with van der Waals surface area (Å²) >= 11 is 0. The second kappa shape index (κ2) is 8.96. The van der Waals surface area contributed by atoms with Crippen LogP contribution in [-0.2, 0) is 23.8 Å². The summed E-state index contributed by atoms with van der Waals surface area (Å²) in [6.45, 7) is 5.65. The van der Waals surface area contributed by atoms with Crippen molar-refractivity contribution in [3.63, 3.8) is 0 Å². The van der Waals surface area contributed by atoms with Crippen molar-refractivity contribution in [1.29, 1.82) is 0 Å². The highest BCUT2D eigenvalue weighted by Crippen LogP contribution is 2.61. The zero-order valence-corrected chi connectivity index (χ0v) is 21.8. The van der Waals surface area contributed by atoms with E-state index in [0.717, 1.165) is 0 Å². The van der Waals surface area contributed by atoms with Gasteiger partial charge in [-0.3, -0.25) is 9.59 Å². The van der Waals surface area contributed by atoms with Crippen LogP contribution in [0.4, 0.5) is 0 Å². The summed E-state index contributed by atoms with van der Waals surface area (Å²) in [5.41, 5.74) is -4.72. The second-order valence-electron chi connectivity index (χ2n) is 11.4. The number of rotatable bonds is 3. The van der Waals surface area contributed by atoms with Gasteiger partial charge in [0.05, 0.1) is 35.7 Å². The first-order valence-corrected chi connectivity index (χ1v) is 12.9. The molecule has 10 nitrogen and oxygen atoms in total. The molecule has 1 aliphatic heterocycles. The highest BCUT2D eigenvalue weighted by atomic mass is 16.6. The van der Waals surface area contributed by atoms with Crippen molar-refractivity contribution in [2.45, 2.75) is 82.3 Å². The molecule has 0 spiro atoms. The maximum Gasteiger partial charge on any atom is 0.338 e. The van der Waals surface area contributed by atoms with Gasteiger partial charge in [-0.15, -0.1) is 0 Å². The van der Waals surface area contributed by atoms with Crippen molar-refractivity contribution in [3.8, 4) is 0 Å². The fraction of sp³-hybridized carbons (Fsp3) is 0.607. The van der Waals surface area contributed by atoms with E-state index in [1.807, 2.05) is 0 Å². The van der Waals surface area contributed by atoms with Crippen LogP contribution in [0.5, 0.6) is 0 Å². The normalized spacial score (nSPS) is 44.1. The Balaban J connectivity index is 1.78. The standard InChI is InChI=1S/C28H34O10/c1-13-17(30)11-27(35)14(2)20(13)21(32)23(33)26(4)18(31)10-19-28(12-36-19,38-15(3)29)22(26)24(27)37-25(34)16-8-6-5-7-9-16/h5-9,14,17-19,21-22,24,30-32,35H,10-12H2,1-4H3/t14-,17-,18-,19+,21+,22-,24-,26+,27-,28-/m0/s1. The van der Waals surface area contributed by atoms with Crippen LogP contribution in [0.3, 0.4) is 0 Å². The van der Waals surface area contributed by atoms with Gasteiger partial charge in [-0.2, -0.15) is 0 Å². The van der Waals surface area contributed by atoms with Gasteiger partial charge in [-0.25, -0.2) is 4.79 Å². The summed E-state index contributed by atoms with van der Waals surface area (Å²) in [6, 6.07) is 8.08. The molecule has 5 rings (SSSR count). The minimum atomic E-state index is -2.00. The van der Waals surface area contributed by atoms with Crippen LogP contribution in [0.2, 0.25) is 0 Å². The fourth-order valence-electron chi connectivity index (χ4n) is 7.31. The molecule has 2 saturated carbocycles. The third-order valence-corrected chi connectivity index (χ3v) is 9.50. The van der Waals surface area contributed by atoms with Gasteiger partial charge in [0, 0.05) is 25.7 Å². The van der Waals surface area contributed by atoms with Gasteiger partial charge in [0.1, 0.15) is 23.9 Å². The summed E-state index contributed by atoms with van der Waals surface area (Å²) < 4.78 is 17.6. The molecule has 10 atom stereocenters. The first kappa shape index (κ1) is 27.0. The number of ketones is 1. The molecule has 3 aliphatic carbocycles. The Kier molecular flexibility index (Phi) is 6.35. The first-order chi connectivity index (χ1) is 17.8. The Morgan fingerprint density at radius 3 is 2.37 bits per heavy atom. The molecule has 2 bridgehead atoms. The maximum absolute atomic E-state index is 14.1. The maximum atomic E-state index is 14.1. The van der Waals surface area contributed by atoms with Gasteiger partial charge in [-0.05, 0) is 37.1 Å². The number of esters is 2. The quantitative estimate of drug-likeness (QED) is 0.323. The van der Waals surface area contributed by atoms with Gasteiger partial charge >= 0.3 is 11.9 Å². The second-order valence-corrected chi connectivity index (χ2v) is 11.4. The first-order valence-electron chi connectivity index (χ1n) is 12.9. The highest BCUT2D eigenvalue weighted by molar-refractivity contribution is 5.93. The van der Waals surface area contributed by atoms with Crippen LogP contribution < -0.4 is 0 Å². The Morgan fingerprint density at radius 1 is 1.13 bits per heavy atom. The highest BCUT2D eigenvalue weighted by Gasteiger charge is 2.76. The molecule has 1 aromatic rings. The minimum Gasteiger partial charge on any atom is -0.455 e. The minimum absolute atomic E-state index is 0.0767. The predicted octanol–water partition coefficient (Wildman–Crippen LogP) is 0.692. The lowest BCUT2D eigenvalue weighted by atomic mass is 9.47. The van der Waals surface area contributed by atoms with E-state index < -0.39 is 76.7 Å². The van der Waals surface area contributed by atoms with E-state index in [4.69, 9.17) is 14.2 Å². The Bertz CT molecular complexity index is 1200. The topological polar surface area (TPSA) is 160 Å². The van der Waals surface area contributed by atoms with Crippen molar-refractivity contribution in [1.82, 2.24) is 0 Å². The van der Waals surface area contributed by atoms with E-state index in [1.54, 1.807) is 32.0 Å². The number of benzene rings is 1. The lowest BCUT2D eigenvalue weighted by Gasteiger charge is -2.66. The number of carbonyl (C=O) groups excluding carboxylic acids is 3. The summed E-state index contributed by atoms with van der Waals surface area (Å²) in [5, 5.41) is 46.1. The predicted molar refractivity (Wildman–Crippen MR) is 131 cm³/mol. The number of aliphatic hydroxyl groups excluding tert-OH is 3. The van der Waals surface area contributed by atoms with Gasteiger partial charge in [0.15, 0.2) is 11.4 Å². The van der Waals surface area contributed by atoms with Crippen LogP contribution in [0, 0.1) is 17.3 Å². The van der Waals surface area contributed by atoms with E-state index in [2.05, 4.69) is 0 Å². The average molecular weight is 531 g/mol. The van der Waals surface area contributed by atoms with Crippen LogP contribution in [-0.4, -0.2) is 86.5 Å². The molecule has 3 fully saturated rings. The molecule has 0 unspecified atom stereocenters. The molecule has 1 saturated heterocycles. The van der Waals surface area contributed by atoms with Crippen molar-refractivity contribution in [3.05, 3.63) is 47.0 Å². The zero-order valence-electron chi connectivity index (χ0n) is 21.8. The van der Waals surface area contributed by atoms with Crippen molar-refractivity contribution in [2.75, 3.05) is 6.61 Å². The summed E-state index contributed by atoms with van der Waals surface area (Å²) in [7, 11) is 0. The lowest BCUT2D eigenvalue weighted by Crippen LogP contribution is -2.81. The summed E-state index contributed by atoms with van der Waals surface area (Å²) in [5.74, 6) is -4.50. The van der Waals surface area contributed by atoms with E-state index in [-0.39, 0.29) is 30.6 Å². The molecule has 206 valence electrons. The van der Waals surface area contributed by atoms with Crippen LogP contribution in [0.15, 0.2) is 41.5 Å². The van der Waals surface area contributed by atoms with Gasteiger partial charge < -0.3 is 34.6 Å². The number of aliphatic hydroxyl groups is 4. The Labute approximate surface area is 220 Å². The molecular weight excluding hydrogens is 496 g/mol. The number of hydrogen-bond acceptors (Lipinski definition) is 10. The largest absolute Gasteiger partial charge is 0.455 e. The molecule has 0 amide bonds. The average Bonchev–Trinajstić information content (AvgIpc) is 2.87. The number of carbonyl (C=O) groups is 3.